The van der Waals surface area contributed by atoms with E-state index in [1.807, 2.05) is 14.1 Å². The summed E-state index contributed by atoms with van der Waals surface area (Å²) in [4.78, 5) is 13.3. The Morgan fingerprint density at radius 1 is 1.33 bits per heavy atom. The van der Waals surface area contributed by atoms with Gasteiger partial charge in [-0.1, -0.05) is 0 Å². The number of carbonyl (C=O) groups is 1. The van der Waals surface area contributed by atoms with E-state index in [4.69, 9.17) is 4.74 Å². The van der Waals surface area contributed by atoms with E-state index < -0.39 is 0 Å². The van der Waals surface area contributed by atoms with Gasteiger partial charge in [-0.25, -0.2) is 0 Å². The zero-order valence-corrected chi connectivity index (χ0v) is 10.0. The average molecular weight is 217 g/mol. The minimum Gasteiger partial charge on any atom is -0.385 e. The van der Waals surface area contributed by atoms with E-state index in [1.54, 1.807) is 7.11 Å². The van der Waals surface area contributed by atoms with Crippen molar-refractivity contribution in [2.75, 3.05) is 54.0 Å². The van der Waals surface area contributed by atoms with Crippen LogP contribution < -0.4 is 10.6 Å². The lowest BCUT2D eigenvalue weighted by Crippen LogP contribution is -2.37. The fourth-order valence-electron chi connectivity index (χ4n) is 1.01. The molecule has 0 heterocycles. The summed E-state index contributed by atoms with van der Waals surface area (Å²) >= 11 is 0. The van der Waals surface area contributed by atoms with E-state index in [-0.39, 0.29) is 5.91 Å². The lowest BCUT2D eigenvalue weighted by atomic mass is 10.4. The van der Waals surface area contributed by atoms with Gasteiger partial charge in [0, 0.05) is 33.4 Å². The number of nitrogens with zero attached hydrogens (tertiary/aromatic N) is 1. The largest absolute Gasteiger partial charge is 0.385 e. The van der Waals surface area contributed by atoms with Crippen molar-refractivity contribution in [1.29, 1.82) is 0 Å². The van der Waals surface area contributed by atoms with E-state index in [1.165, 1.54) is 0 Å². The van der Waals surface area contributed by atoms with Crippen molar-refractivity contribution >= 4 is 5.91 Å². The zero-order chi connectivity index (χ0) is 11.5. The smallest absolute Gasteiger partial charge is 0.233 e. The van der Waals surface area contributed by atoms with E-state index in [0.29, 0.717) is 19.7 Å². The van der Waals surface area contributed by atoms with Crippen molar-refractivity contribution < 1.29 is 9.53 Å². The van der Waals surface area contributed by atoms with Crippen molar-refractivity contribution in [3.8, 4) is 0 Å². The second-order valence-electron chi connectivity index (χ2n) is 3.68. The third-order valence-corrected chi connectivity index (χ3v) is 1.87. The molecule has 0 rings (SSSR count). The van der Waals surface area contributed by atoms with Crippen molar-refractivity contribution in [1.82, 2.24) is 15.5 Å². The van der Waals surface area contributed by atoms with Gasteiger partial charge in [0.05, 0.1) is 6.54 Å². The molecule has 0 saturated heterocycles. The average Bonchev–Trinajstić information content (AvgIpc) is 2.19. The van der Waals surface area contributed by atoms with E-state index >= 15 is 0 Å². The Balaban J connectivity index is 3.19. The van der Waals surface area contributed by atoms with Gasteiger partial charge in [-0.15, -0.1) is 0 Å². The molecular formula is C10H23N3O2. The van der Waals surface area contributed by atoms with E-state index in [9.17, 15) is 4.79 Å². The van der Waals surface area contributed by atoms with Gasteiger partial charge >= 0.3 is 0 Å². The van der Waals surface area contributed by atoms with Crippen LogP contribution >= 0.6 is 0 Å². The van der Waals surface area contributed by atoms with Gasteiger partial charge in [0.15, 0.2) is 0 Å². The van der Waals surface area contributed by atoms with Crippen LogP contribution in [0.5, 0.6) is 0 Å². The van der Waals surface area contributed by atoms with Crippen molar-refractivity contribution in [3.05, 3.63) is 0 Å². The van der Waals surface area contributed by atoms with Gasteiger partial charge in [0.2, 0.25) is 5.91 Å². The first-order valence-corrected chi connectivity index (χ1v) is 5.28. The van der Waals surface area contributed by atoms with Crippen molar-refractivity contribution in [2.45, 2.75) is 6.42 Å². The molecule has 0 radical (unpaired) electrons. The second-order valence-corrected chi connectivity index (χ2v) is 3.68. The summed E-state index contributed by atoms with van der Waals surface area (Å²) in [5.41, 5.74) is 0. The molecule has 5 nitrogen and oxygen atoms in total. The molecule has 0 fully saturated rings. The maximum Gasteiger partial charge on any atom is 0.233 e. The summed E-state index contributed by atoms with van der Waals surface area (Å²) in [5, 5.41) is 5.88. The number of amides is 1. The number of ether oxygens (including phenoxy) is 1. The first-order valence-electron chi connectivity index (χ1n) is 5.28. The summed E-state index contributed by atoms with van der Waals surface area (Å²) < 4.78 is 4.88. The topological polar surface area (TPSA) is 53.6 Å². The summed E-state index contributed by atoms with van der Waals surface area (Å²) in [7, 11) is 5.67. The Hall–Kier alpha value is -0.650. The molecule has 1 amide bonds. The van der Waals surface area contributed by atoms with Crippen LogP contribution in [0.3, 0.4) is 0 Å². The summed E-state index contributed by atoms with van der Waals surface area (Å²) in [5.74, 6) is 0.0462. The Bertz CT molecular complexity index is 163. The van der Waals surface area contributed by atoms with Crippen LogP contribution in [0.15, 0.2) is 0 Å². The molecule has 0 aliphatic heterocycles. The van der Waals surface area contributed by atoms with E-state index in [2.05, 4.69) is 15.5 Å². The molecule has 0 aliphatic carbocycles. The van der Waals surface area contributed by atoms with Crippen LogP contribution in [0.4, 0.5) is 0 Å². The Kier molecular flexibility index (Phi) is 9.46. The number of likely N-dealkylation sites (N-methyl/N-ethyl adjacent to an activating group) is 1. The highest BCUT2D eigenvalue weighted by molar-refractivity contribution is 5.77. The third-order valence-electron chi connectivity index (χ3n) is 1.87. The zero-order valence-electron chi connectivity index (χ0n) is 10.0. The van der Waals surface area contributed by atoms with Crippen LogP contribution in [-0.4, -0.2) is 64.8 Å². The molecule has 0 unspecified atom stereocenters. The molecule has 0 aromatic rings. The van der Waals surface area contributed by atoms with Gasteiger partial charge in [-0.3, -0.25) is 4.79 Å². The quantitative estimate of drug-likeness (QED) is 0.501. The molecule has 15 heavy (non-hydrogen) atoms. The number of hydrogen-bond acceptors (Lipinski definition) is 4. The van der Waals surface area contributed by atoms with Crippen LogP contribution in [0.25, 0.3) is 0 Å². The highest BCUT2D eigenvalue weighted by atomic mass is 16.5. The Morgan fingerprint density at radius 2 is 2.07 bits per heavy atom. The second kappa shape index (κ2) is 9.89. The molecule has 0 aromatic heterocycles. The minimum atomic E-state index is 0.0462. The van der Waals surface area contributed by atoms with Crippen LogP contribution in [0.2, 0.25) is 0 Å². The normalized spacial score (nSPS) is 10.7. The molecule has 0 bridgehead atoms. The van der Waals surface area contributed by atoms with Crippen LogP contribution in [0, 0.1) is 0 Å². The van der Waals surface area contributed by atoms with E-state index in [0.717, 1.165) is 19.5 Å². The fourth-order valence-corrected chi connectivity index (χ4v) is 1.01. The first-order chi connectivity index (χ1) is 7.16. The third kappa shape index (κ3) is 11.3. The lowest BCUT2D eigenvalue weighted by Gasteiger charge is -2.10. The highest BCUT2D eigenvalue weighted by Gasteiger charge is 1.99. The Morgan fingerprint density at radius 3 is 2.67 bits per heavy atom. The number of methoxy groups -OCH3 is 1. The molecular weight excluding hydrogens is 194 g/mol. The molecule has 0 aromatic carbocycles. The number of carbonyl (C=O) groups excluding carboxylic acids is 1. The standard InChI is InChI=1S/C10H23N3O2/c1-13(2)7-6-11-9-10(14)12-5-4-8-15-3/h11H,4-9H2,1-3H3,(H,12,14). The molecule has 5 heteroatoms. The highest BCUT2D eigenvalue weighted by Crippen LogP contribution is 1.77. The minimum absolute atomic E-state index is 0.0462. The number of rotatable bonds is 9. The summed E-state index contributed by atoms with van der Waals surface area (Å²) in [6.45, 7) is 3.53. The summed E-state index contributed by atoms with van der Waals surface area (Å²) in [6, 6.07) is 0. The molecule has 90 valence electrons. The van der Waals surface area contributed by atoms with Gasteiger partial charge in [-0.05, 0) is 20.5 Å². The monoisotopic (exact) mass is 217 g/mol. The molecule has 2 N–H and O–H groups in total. The van der Waals surface area contributed by atoms with Gasteiger partial charge in [0.1, 0.15) is 0 Å². The number of nitrogens with one attached hydrogen (secondary N) is 2. The predicted octanol–water partition coefficient (Wildman–Crippen LogP) is -0.710. The molecule has 0 saturated carbocycles. The van der Waals surface area contributed by atoms with Crippen molar-refractivity contribution in [3.63, 3.8) is 0 Å². The first kappa shape index (κ1) is 14.3. The fraction of sp³-hybridized carbons (Fsp3) is 0.900. The maximum absolute atomic E-state index is 11.2. The molecule has 0 atom stereocenters. The predicted molar refractivity (Wildman–Crippen MR) is 60.9 cm³/mol. The Labute approximate surface area is 92.2 Å². The van der Waals surface area contributed by atoms with Crippen LogP contribution in [-0.2, 0) is 9.53 Å². The molecule has 0 aliphatic rings. The van der Waals surface area contributed by atoms with Gasteiger partial charge < -0.3 is 20.3 Å². The van der Waals surface area contributed by atoms with Gasteiger partial charge in [-0.2, -0.15) is 0 Å². The number of hydrogen-bond donors (Lipinski definition) is 2. The van der Waals surface area contributed by atoms with Crippen LogP contribution in [0.1, 0.15) is 6.42 Å². The van der Waals surface area contributed by atoms with Gasteiger partial charge in [0.25, 0.3) is 0 Å². The molecule has 0 spiro atoms. The maximum atomic E-state index is 11.2. The van der Waals surface area contributed by atoms with Crippen molar-refractivity contribution in [2.24, 2.45) is 0 Å². The SMILES string of the molecule is COCCCNC(=O)CNCCN(C)C. The summed E-state index contributed by atoms with van der Waals surface area (Å²) in [6.07, 6.45) is 0.861. The lowest BCUT2D eigenvalue weighted by molar-refractivity contribution is -0.120.